The van der Waals surface area contributed by atoms with Gasteiger partial charge in [-0.25, -0.2) is 18.4 Å². The molecule has 0 aromatic heterocycles. The van der Waals surface area contributed by atoms with Crippen LogP contribution in [0.4, 0.5) is 4.79 Å². The third-order valence-electron chi connectivity index (χ3n) is 3.37. The molecule has 1 amide bonds. The maximum absolute atomic E-state index is 11.7. The minimum atomic E-state index is -3.42. The third-order valence-corrected chi connectivity index (χ3v) is 4.60. The second kappa shape index (κ2) is 4.60. The summed E-state index contributed by atoms with van der Waals surface area (Å²) in [5.41, 5.74) is -0.488. The third kappa shape index (κ3) is 3.37. The molecule has 0 spiro atoms. The van der Waals surface area contributed by atoms with Gasteiger partial charge in [-0.1, -0.05) is 0 Å². The number of carbonyl (C=O) groups is 1. The number of hydrogen-bond acceptors (Lipinski definition) is 5. The molecule has 0 aromatic carbocycles. The van der Waals surface area contributed by atoms with Crippen LogP contribution in [-0.2, 0) is 14.8 Å². The van der Waals surface area contributed by atoms with E-state index < -0.39 is 20.9 Å². The Kier molecular flexibility index (Phi) is 3.53. The van der Waals surface area contributed by atoms with Gasteiger partial charge in [0.2, 0.25) is 10.0 Å². The van der Waals surface area contributed by atoms with Crippen molar-refractivity contribution in [2.24, 2.45) is 5.14 Å². The van der Waals surface area contributed by atoms with Gasteiger partial charge in [-0.2, -0.15) is 0 Å². The number of hydrogen-bond donors (Lipinski definition) is 1. The highest BCUT2D eigenvalue weighted by atomic mass is 32.2. The second-order valence-electron chi connectivity index (χ2n) is 6.20. The zero-order chi connectivity index (χ0) is 14.4. The van der Waals surface area contributed by atoms with Gasteiger partial charge < -0.3 is 9.64 Å². The lowest BCUT2D eigenvalue weighted by Crippen LogP contribution is -2.69. The molecule has 2 rings (SSSR count). The van der Waals surface area contributed by atoms with Crippen LogP contribution in [0.25, 0.3) is 0 Å². The van der Waals surface area contributed by atoms with Crippen LogP contribution >= 0.6 is 0 Å². The van der Waals surface area contributed by atoms with Crippen molar-refractivity contribution in [1.82, 2.24) is 9.80 Å². The Morgan fingerprint density at radius 1 is 1.21 bits per heavy atom. The number of nitrogens with zero attached hydrogens (tertiary/aromatic N) is 2. The molecule has 0 unspecified atom stereocenters. The molecule has 8 heteroatoms. The first-order valence-electron chi connectivity index (χ1n) is 6.30. The maximum Gasteiger partial charge on any atom is 0.410 e. The zero-order valence-corrected chi connectivity index (χ0v) is 12.3. The standard InChI is InChI=1S/C11H21N3O4S/c1-11(2,3)18-10(15)14-4-8(5-14)13-6-9(7-13)19(12,16)17/h8-9H,4-7H2,1-3H3,(H2,12,16,17). The second-order valence-corrected chi connectivity index (χ2v) is 8.05. The molecule has 2 aliphatic rings. The van der Waals surface area contributed by atoms with Crippen molar-refractivity contribution in [3.63, 3.8) is 0 Å². The predicted octanol–water partition coefficient (Wildman–Crippen LogP) is -0.422. The highest BCUT2D eigenvalue weighted by molar-refractivity contribution is 7.89. The fourth-order valence-electron chi connectivity index (χ4n) is 2.14. The van der Waals surface area contributed by atoms with Crippen molar-refractivity contribution in [3.8, 4) is 0 Å². The van der Waals surface area contributed by atoms with E-state index in [-0.39, 0.29) is 12.1 Å². The molecule has 0 atom stereocenters. The molecule has 0 radical (unpaired) electrons. The van der Waals surface area contributed by atoms with Crippen LogP contribution in [0, 0.1) is 0 Å². The summed E-state index contributed by atoms with van der Waals surface area (Å²) in [5.74, 6) is 0. The predicted molar refractivity (Wildman–Crippen MR) is 70.1 cm³/mol. The Morgan fingerprint density at radius 3 is 2.16 bits per heavy atom. The van der Waals surface area contributed by atoms with Crippen molar-refractivity contribution in [2.45, 2.75) is 37.7 Å². The summed E-state index contributed by atoms with van der Waals surface area (Å²) in [7, 11) is -3.42. The van der Waals surface area contributed by atoms with Gasteiger partial charge in [0.1, 0.15) is 10.9 Å². The van der Waals surface area contributed by atoms with E-state index in [4.69, 9.17) is 9.88 Å². The molecule has 110 valence electrons. The van der Waals surface area contributed by atoms with Crippen LogP contribution in [-0.4, -0.2) is 67.4 Å². The first-order chi connectivity index (χ1) is 8.56. The first-order valence-corrected chi connectivity index (χ1v) is 7.91. The molecule has 7 nitrogen and oxygen atoms in total. The summed E-state index contributed by atoms with van der Waals surface area (Å²) in [6.45, 7) is 7.59. The maximum atomic E-state index is 11.7. The number of rotatable bonds is 2. The molecule has 0 aliphatic carbocycles. The number of sulfonamides is 1. The molecule has 2 aliphatic heterocycles. The molecule has 2 heterocycles. The van der Waals surface area contributed by atoms with E-state index >= 15 is 0 Å². The number of nitrogens with two attached hydrogens (primary N) is 1. The average molecular weight is 291 g/mol. The fraction of sp³-hybridized carbons (Fsp3) is 0.909. The van der Waals surface area contributed by atoms with E-state index in [0.717, 1.165) is 0 Å². The van der Waals surface area contributed by atoms with E-state index in [1.807, 2.05) is 25.7 Å². The lowest BCUT2D eigenvalue weighted by atomic mass is 10.0. The Labute approximate surface area is 113 Å². The minimum absolute atomic E-state index is 0.227. The van der Waals surface area contributed by atoms with Gasteiger partial charge in [-0.3, -0.25) is 4.90 Å². The quantitative estimate of drug-likeness (QED) is 0.746. The molecular formula is C11H21N3O4S. The number of amides is 1. The van der Waals surface area contributed by atoms with Crippen LogP contribution in [0.3, 0.4) is 0 Å². The molecule has 2 fully saturated rings. The van der Waals surface area contributed by atoms with Crippen LogP contribution in [0.5, 0.6) is 0 Å². The Balaban J connectivity index is 1.72. The molecule has 0 bridgehead atoms. The van der Waals surface area contributed by atoms with Gasteiger partial charge in [0.25, 0.3) is 0 Å². The van der Waals surface area contributed by atoms with Gasteiger partial charge in [0.05, 0.1) is 0 Å². The monoisotopic (exact) mass is 291 g/mol. The van der Waals surface area contributed by atoms with Crippen molar-refractivity contribution >= 4 is 16.1 Å². The molecule has 0 saturated carbocycles. The summed E-state index contributed by atoms with van der Waals surface area (Å²) in [4.78, 5) is 15.4. The summed E-state index contributed by atoms with van der Waals surface area (Å²) in [6.07, 6.45) is -0.313. The van der Waals surface area contributed by atoms with Gasteiger partial charge in [0, 0.05) is 32.2 Å². The lowest BCUT2D eigenvalue weighted by molar-refractivity contribution is -0.0274. The first kappa shape index (κ1) is 14.5. The zero-order valence-electron chi connectivity index (χ0n) is 11.5. The number of primary sulfonamides is 1. The highest BCUT2D eigenvalue weighted by Gasteiger charge is 2.44. The van der Waals surface area contributed by atoms with Crippen LogP contribution in [0.1, 0.15) is 20.8 Å². The Hall–Kier alpha value is -0.860. The Bertz CT molecular complexity index is 459. The van der Waals surface area contributed by atoms with Crippen molar-refractivity contribution in [1.29, 1.82) is 0 Å². The Morgan fingerprint density at radius 2 is 1.74 bits per heavy atom. The topological polar surface area (TPSA) is 92.9 Å². The average Bonchev–Trinajstić information content (AvgIpc) is 1.99. The highest BCUT2D eigenvalue weighted by Crippen LogP contribution is 2.24. The van der Waals surface area contributed by atoms with Gasteiger partial charge in [-0.05, 0) is 20.8 Å². The van der Waals surface area contributed by atoms with Crippen LogP contribution in [0.15, 0.2) is 0 Å². The molecular weight excluding hydrogens is 270 g/mol. The van der Waals surface area contributed by atoms with Crippen LogP contribution < -0.4 is 5.14 Å². The SMILES string of the molecule is CC(C)(C)OC(=O)N1CC(N2CC(S(N)(=O)=O)C2)C1. The largest absolute Gasteiger partial charge is 0.444 e. The lowest BCUT2D eigenvalue weighted by Gasteiger charge is -2.50. The van der Waals surface area contributed by atoms with E-state index in [9.17, 15) is 13.2 Å². The molecule has 2 saturated heterocycles. The fourth-order valence-corrected chi connectivity index (χ4v) is 2.94. The van der Waals surface area contributed by atoms with E-state index in [0.29, 0.717) is 26.2 Å². The number of likely N-dealkylation sites (tertiary alicyclic amines) is 2. The molecule has 2 N–H and O–H groups in total. The summed E-state index contributed by atoms with van der Waals surface area (Å²) >= 11 is 0. The molecule has 0 aromatic rings. The normalized spacial score (nSPS) is 22.8. The molecule has 19 heavy (non-hydrogen) atoms. The van der Waals surface area contributed by atoms with Gasteiger partial charge in [0.15, 0.2) is 0 Å². The summed E-state index contributed by atoms with van der Waals surface area (Å²) < 4.78 is 27.4. The van der Waals surface area contributed by atoms with Crippen molar-refractivity contribution in [3.05, 3.63) is 0 Å². The van der Waals surface area contributed by atoms with E-state index in [1.165, 1.54) is 0 Å². The minimum Gasteiger partial charge on any atom is -0.444 e. The van der Waals surface area contributed by atoms with Gasteiger partial charge >= 0.3 is 6.09 Å². The van der Waals surface area contributed by atoms with Crippen LogP contribution in [0.2, 0.25) is 0 Å². The number of carbonyl (C=O) groups excluding carboxylic acids is 1. The summed E-state index contributed by atoms with van der Waals surface area (Å²) in [6, 6.07) is 0.227. The van der Waals surface area contributed by atoms with Gasteiger partial charge in [-0.15, -0.1) is 0 Å². The number of ether oxygens (including phenoxy) is 1. The van der Waals surface area contributed by atoms with Crippen molar-refractivity contribution < 1.29 is 17.9 Å². The smallest absolute Gasteiger partial charge is 0.410 e. The summed E-state index contributed by atoms with van der Waals surface area (Å²) in [5, 5.41) is 4.61. The van der Waals surface area contributed by atoms with Crippen molar-refractivity contribution in [2.75, 3.05) is 26.2 Å². The van der Waals surface area contributed by atoms with E-state index in [2.05, 4.69) is 0 Å². The van der Waals surface area contributed by atoms with E-state index in [1.54, 1.807) is 4.90 Å².